The number of likely N-dealkylation sites (tertiary alicyclic amines) is 1. The highest BCUT2D eigenvalue weighted by atomic mass is 16.5. The van der Waals surface area contributed by atoms with E-state index in [1.807, 2.05) is 6.92 Å². The normalized spacial score (nSPS) is 19.2. The molecule has 1 fully saturated rings. The Morgan fingerprint density at radius 1 is 1.11 bits per heavy atom. The molecule has 6 heteroatoms. The van der Waals surface area contributed by atoms with Crippen LogP contribution in [0.1, 0.15) is 71.2 Å². The number of carbonyl (C=O) groups excluding carboxylic acids is 1. The summed E-state index contributed by atoms with van der Waals surface area (Å²) in [7, 11) is 0. The molecule has 6 rings (SSSR count). The maximum atomic E-state index is 12.3. The molecule has 0 spiro atoms. The monoisotopic (exact) mass is 508 g/mol. The molecule has 0 bridgehead atoms. The molecule has 0 saturated carbocycles. The highest BCUT2D eigenvalue weighted by molar-refractivity contribution is 5.89. The zero-order valence-electron chi connectivity index (χ0n) is 22.6. The first-order chi connectivity index (χ1) is 18.5. The van der Waals surface area contributed by atoms with Crippen LogP contribution in [0.2, 0.25) is 0 Å². The van der Waals surface area contributed by atoms with E-state index in [1.165, 1.54) is 34.9 Å². The number of fused-ring (bicyclic) bond motifs is 4. The maximum Gasteiger partial charge on any atom is 0.358 e. The van der Waals surface area contributed by atoms with Crippen molar-refractivity contribution in [1.29, 1.82) is 0 Å². The van der Waals surface area contributed by atoms with Gasteiger partial charge in [0.15, 0.2) is 5.69 Å². The van der Waals surface area contributed by atoms with E-state index >= 15 is 0 Å². The van der Waals surface area contributed by atoms with Gasteiger partial charge in [-0.1, -0.05) is 30.3 Å². The van der Waals surface area contributed by atoms with Crippen molar-refractivity contribution in [3.63, 3.8) is 0 Å². The van der Waals surface area contributed by atoms with E-state index in [-0.39, 0.29) is 5.97 Å². The lowest BCUT2D eigenvalue weighted by molar-refractivity contribution is 0.0518. The van der Waals surface area contributed by atoms with Crippen LogP contribution in [0.3, 0.4) is 0 Å². The minimum absolute atomic E-state index is 0.326. The summed E-state index contributed by atoms with van der Waals surface area (Å²) in [4.78, 5) is 24.2. The lowest BCUT2D eigenvalue weighted by atomic mass is 9.84. The van der Waals surface area contributed by atoms with Gasteiger partial charge in [0.05, 0.1) is 23.5 Å². The fourth-order valence-corrected chi connectivity index (χ4v) is 6.54. The molecule has 4 aromatic rings. The van der Waals surface area contributed by atoms with Crippen molar-refractivity contribution < 1.29 is 9.53 Å². The number of rotatable bonds is 6. The lowest BCUT2D eigenvalue weighted by Crippen LogP contribution is -2.41. The maximum absolute atomic E-state index is 12.3. The van der Waals surface area contributed by atoms with Crippen LogP contribution in [0.15, 0.2) is 54.9 Å². The predicted octanol–water partition coefficient (Wildman–Crippen LogP) is 5.81. The summed E-state index contributed by atoms with van der Waals surface area (Å²) in [5.74, 6) is 0.250. The van der Waals surface area contributed by atoms with Gasteiger partial charge >= 0.3 is 5.97 Å². The van der Waals surface area contributed by atoms with E-state index in [1.54, 1.807) is 6.33 Å². The smallest absolute Gasteiger partial charge is 0.358 e. The first-order valence-corrected chi connectivity index (χ1v) is 14.0. The lowest BCUT2D eigenvalue weighted by Gasteiger charge is -2.38. The van der Waals surface area contributed by atoms with E-state index in [9.17, 15) is 4.79 Å². The SMILES string of the molecule is CCOC(=O)c1ncn2c1CCc1c(CCN3CCC(c4cccc5nc(C)ccc45)CC3C)cccc1-2. The molecule has 1 saturated heterocycles. The third-order valence-electron chi connectivity index (χ3n) is 8.48. The minimum Gasteiger partial charge on any atom is -0.461 e. The largest absolute Gasteiger partial charge is 0.461 e. The molecule has 196 valence electrons. The first-order valence-electron chi connectivity index (χ1n) is 14.0. The van der Waals surface area contributed by atoms with Crippen LogP contribution in [0.5, 0.6) is 0 Å². The van der Waals surface area contributed by atoms with Crippen molar-refractivity contribution in [3.05, 3.63) is 88.6 Å². The van der Waals surface area contributed by atoms with Gasteiger partial charge in [-0.05, 0) is 100 Å². The number of aromatic nitrogens is 3. The number of aryl methyl sites for hydroxylation is 1. The number of benzene rings is 2. The summed E-state index contributed by atoms with van der Waals surface area (Å²) in [6, 6.07) is 18.1. The zero-order valence-corrected chi connectivity index (χ0v) is 22.6. The van der Waals surface area contributed by atoms with Gasteiger partial charge in [-0.2, -0.15) is 0 Å². The quantitative estimate of drug-likeness (QED) is 0.308. The van der Waals surface area contributed by atoms with Gasteiger partial charge in [0.25, 0.3) is 0 Å². The van der Waals surface area contributed by atoms with Crippen LogP contribution in [-0.2, 0) is 24.0 Å². The van der Waals surface area contributed by atoms with Crippen LogP contribution < -0.4 is 0 Å². The van der Waals surface area contributed by atoms with Crippen molar-refractivity contribution in [2.24, 2.45) is 0 Å². The number of imidazole rings is 1. The van der Waals surface area contributed by atoms with Crippen molar-refractivity contribution in [1.82, 2.24) is 19.4 Å². The number of esters is 1. The molecule has 4 heterocycles. The van der Waals surface area contributed by atoms with Gasteiger partial charge in [0, 0.05) is 23.7 Å². The minimum atomic E-state index is -0.326. The topological polar surface area (TPSA) is 60.2 Å². The Bertz CT molecular complexity index is 1490. The van der Waals surface area contributed by atoms with Gasteiger partial charge in [0.1, 0.15) is 6.33 Å². The number of ether oxygens (including phenoxy) is 1. The summed E-state index contributed by atoms with van der Waals surface area (Å²) >= 11 is 0. The van der Waals surface area contributed by atoms with Gasteiger partial charge in [-0.15, -0.1) is 0 Å². The molecule has 2 aromatic carbocycles. The Kier molecular flexibility index (Phi) is 6.75. The molecule has 6 nitrogen and oxygen atoms in total. The highest BCUT2D eigenvalue weighted by Gasteiger charge is 2.29. The number of hydrogen-bond donors (Lipinski definition) is 0. The molecule has 2 aliphatic rings. The molecular weight excluding hydrogens is 472 g/mol. The summed E-state index contributed by atoms with van der Waals surface area (Å²) in [5, 5.41) is 1.31. The Balaban J connectivity index is 1.15. The fraction of sp³-hybridized carbons (Fsp3) is 0.406. The average molecular weight is 509 g/mol. The van der Waals surface area contributed by atoms with Crippen LogP contribution >= 0.6 is 0 Å². The number of pyridine rings is 1. The van der Waals surface area contributed by atoms with Crippen LogP contribution in [-0.4, -0.2) is 51.1 Å². The molecule has 2 aromatic heterocycles. The summed E-state index contributed by atoms with van der Waals surface area (Å²) in [6.45, 7) is 8.81. The molecular formula is C32H36N4O2. The van der Waals surface area contributed by atoms with Crippen LogP contribution in [0.25, 0.3) is 16.6 Å². The Morgan fingerprint density at radius 2 is 1.97 bits per heavy atom. The standard InChI is InChI=1S/C32H36N4O2/c1-4-38-32(37)31-30-14-13-26-23(7-5-10-29(26)36(30)20-33-31)15-17-35-18-16-24(19-22(35)3)25-8-6-9-28-27(25)12-11-21(2)34-28/h5-12,20,22,24H,4,13-19H2,1-3H3. The average Bonchev–Trinajstić information content (AvgIpc) is 3.37. The van der Waals surface area contributed by atoms with Crippen molar-refractivity contribution in [2.45, 2.75) is 64.8 Å². The van der Waals surface area contributed by atoms with E-state index in [2.05, 4.69) is 76.8 Å². The molecule has 0 aliphatic carbocycles. The van der Waals surface area contributed by atoms with E-state index in [4.69, 9.17) is 9.72 Å². The highest BCUT2D eigenvalue weighted by Crippen LogP contribution is 2.36. The van der Waals surface area contributed by atoms with Gasteiger partial charge in [-0.3, -0.25) is 4.98 Å². The molecule has 38 heavy (non-hydrogen) atoms. The molecule has 2 aliphatic heterocycles. The van der Waals surface area contributed by atoms with Gasteiger partial charge in [0.2, 0.25) is 0 Å². The molecule has 2 unspecified atom stereocenters. The molecule has 0 amide bonds. The third kappa shape index (κ3) is 4.51. The van der Waals surface area contributed by atoms with Crippen molar-refractivity contribution >= 4 is 16.9 Å². The Hall–Kier alpha value is -3.51. The number of carbonyl (C=O) groups is 1. The summed E-state index contributed by atoms with van der Waals surface area (Å²) < 4.78 is 7.30. The van der Waals surface area contributed by atoms with Crippen LogP contribution in [0.4, 0.5) is 0 Å². The van der Waals surface area contributed by atoms with Gasteiger partial charge < -0.3 is 14.2 Å². The molecule has 2 atom stereocenters. The number of hydrogen-bond acceptors (Lipinski definition) is 5. The van der Waals surface area contributed by atoms with Crippen molar-refractivity contribution in [3.8, 4) is 5.69 Å². The third-order valence-corrected chi connectivity index (χ3v) is 8.48. The Morgan fingerprint density at radius 3 is 2.82 bits per heavy atom. The summed E-state index contributed by atoms with van der Waals surface area (Å²) in [5.41, 5.74) is 9.00. The second-order valence-electron chi connectivity index (χ2n) is 10.8. The van der Waals surface area contributed by atoms with Gasteiger partial charge in [-0.25, -0.2) is 9.78 Å². The number of nitrogens with zero attached hydrogens (tertiary/aromatic N) is 4. The molecule has 0 radical (unpaired) electrons. The second kappa shape index (κ2) is 10.3. The molecule has 0 N–H and O–H groups in total. The zero-order chi connectivity index (χ0) is 26.2. The summed E-state index contributed by atoms with van der Waals surface area (Å²) in [6.07, 6.45) is 6.90. The Labute approximate surface area is 224 Å². The number of piperidine rings is 1. The second-order valence-corrected chi connectivity index (χ2v) is 10.8. The van der Waals surface area contributed by atoms with E-state index in [0.717, 1.165) is 54.9 Å². The van der Waals surface area contributed by atoms with E-state index < -0.39 is 0 Å². The van der Waals surface area contributed by atoms with Crippen molar-refractivity contribution in [2.75, 3.05) is 19.7 Å². The fourth-order valence-electron chi connectivity index (χ4n) is 6.54. The predicted molar refractivity (Wildman–Crippen MR) is 150 cm³/mol. The first kappa shape index (κ1) is 24.8. The van der Waals surface area contributed by atoms with E-state index in [0.29, 0.717) is 24.3 Å². The van der Waals surface area contributed by atoms with Crippen LogP contribution in [0, 0.1) is 6.92 Å².